The van der Waals surface area contributed by atoms with Crippen molar-refractivity contribution < 1.29 is 18.0 Å². The molecule has 27 heavy (non-hydrogen) atoms. The number of fused-ring (bicyclic) bond motifs is 3. The fourth-order valence-corrected chi connectivity index (χ4v) is 3.84. The van der Waals surface area contributed by atoms with Gasteiger partial charge in [0.25, 0.3) is 0 Å². The van der Waals surface area contributed by atoms with Crippen molar-refractivity contribution in [1.82, 2.24) is 15.2 Å². The fraction of sp³-hybridized carbons (Fsp3) is 0.389. The molecule has 0 aromatic heterocycles. The number of carbonyl (C=O) groups excluding carboxylic acids is 1. The molecule has 0 unspecified atom stereocenters. The second kappa shape index (κ2) is 6.01. The third-order valence-corrected chi connectivity index (χ3v) is 5.09. The lowest BCUT2D eigenvalue weighted by Crippen LogP contribution is -2.63. The number of nitrogens with one attached hydrogen (secondary N) is 1. The van der Waals surface area contributed by atoms with E-state index in [1.165, 1.54) is 24.3 Å². The smallest absolute Gasteiger partial charge is 0.314 e. The van der Waals surface area contributed by atoms with Crippen molar-refractivity contribution in [3.63, 3.8) is 0 Å². The number of nitriles is 1. The summed E-state index contributed by atoms with van der Waals surface area (Å²) in [6, 6.07) is 7.74. The van der Waals surface area contributed by atoms with Crippen molar-refractivity contribution in [2.45, 2.75) is 37.4 Å². The van der Waals surface area contributed by atoms with Crippen LogP contribution in [-0.2, 0) is 5.54 Å². The van der Waals surface area contributed by atoms with E-state index in [9.17, 15) is 23.2 Å². The van der Waals surface area contributed by atoms with Gasteiger partial charge in [0.2, 0.25) is 5.54 Å². The Balaban J connectivity index is 2.00. The number of hydrogen-bond donors (Lipinski definition) is 1. The van der Waals surface area contributed by atoms with E-state index in [0.717, 1.165) is 24.3 Å². The van der Waals surface area contributed by atoms with Crippen LogP contribution in [0, 0.1) is 11.3 Å². The molecule has 0 saturated carbocycles. The first-order valence-corrected chi connectivity index (χ1v) is 8.64. The van der Waals surface area contributed by atoms with Gasteiger partial charge in [0.1, 0.15) is 17.5 Å². The summed E-state index contributed by atoms with van der Waals surface area (Å²) in [5.41, 5.74) is -3.69. The minimum Gasteiger partial charge on any atom is -0.314 e. The average Bonchev–Trinajstić information content (AvgIpc) is 2.84. The number of hydrazone groups is 1. The summed E-state index contributed by atoms with van der Waals surface area (Å²) < 4.78 is 43.1. The Labute approximate surface area is 153 Å². The van der Waals surface area contributed by atoms with Crippen molar-refractivity contribution >= 4 is 11.9 Å². The third-order valence-electron chi connectivity index (χ3n) is 5.09. The number of alkyl halides is 3. The highest BCUT2D eigenvalue weighted by molar-refractivity contribution is 5.92. The minimum atomic E-state index is -4.91. The summed E-state index contributed by atoms with van der Waals surface area (Å²) in [5, 5.41) is 16.9. The minimum absolute atomic E-state index is 0.0840. The van der Waals surface area contributed by atoms with Gasteiger partial charge in [-0.1, -0.05) is 36.8 Å². The van der Waals surface area contributed by atoms with Crippen LogP contribution in [0.1, 0.15) is 31.2 Å². The summed E-state index contributed by atoms with van der Waals surface area (Å²) in [5.74, 6) is 0.441. The lowest BCUT2D eigenvalue weighted by molar-refractivity contribution is -0.186. The number of benzene rings is 1. The Hall–Kier alpha value is -3.02. The van der Waals surface area contributed by atoms with Gasteiger partial charge in [-0.2, -0.15) is 23.4 Å². The molecule has 1 N–H and O–H groups in total. The Morgan fingerprint density at radius 3 is 2.59 bits per heavy atom. The Bertz CT molecular complexity index is 886. The maximum absolute atomic E-state index is 14.4. The van der Waals surface area contributed by atoms with Gasteiger partial charge in [-0.05, 0) is 18.4 Å². The van der Waals surface area contributed by atoms with Gasteiger partial charge >= 0.3 is 12.2 Å². The molecule has 0 bridgehead atoms. The number of halogens is 3. The summed E-state index contributed by atoms with van der Waals surface area (Å²) in [4.78, 5) is 14.2. The maximum atomic E-state index is 14.4. The molecule has 3 aliphatic heterocycles. The quantitative estimate of drug-likeness (QED) is 0.818. The van der Waals surface area contributed by atoms with Gasteiger partial charge in [0.15, 0.2) is 5.82 Å². The van der Waals surface area contributed by atoms with E-state index in [4.69, 9.17) is 0 Å². The molecule has 1 atom stereocenters. The Morgan fingerprint density at radius 1 is 1.19 bits per heavy atom. The topological polar surface area (TPSA) is 71.7 Å². The van der Waals surface area contributed by atoms with Gasteiger partial charge < -0.3 is 10.2 Å². The third kappa shape index (κ3) is 2.40. The number of amidine groups is 1. The molecule has 3 aliphatic rings. The molecule has 0 spiro atoms. The lowest BCUT2D eigenvalue weighted by Gasteiger charge is -2.42. The molecule has 0 radical (unpaired) electrons. The average molecular weight is 375 g/mol. The van der Waals surface area contributed by atoms with Crippen molar-refractivity contribution in [3.05, 3.63) is 47.3 Å². The molecule has 1 aromatic carbocycles. The number of amides is 2. The normalized spacial score (nSPS) is 25.3. The predicted octanol–water partition coefficient (Wildman–Crippen LogP) is 3.41. The van der Waals surface area contributed by atoms with Crippen molar-refractivity contribution in [1.29, 1.82) is 5.26 Å². The van der Waals surface area contributed by atoms with Crippen LogP contribution in [0.3, 0.4) is 0 Å². The first kappa shape index (κ1) is 17.4. The highest BCUT2D eigenvalue weighted by Crippen LogP contribution is 2.49. The van der Waals surface area contributed by atoms with Crippen LogP contribution >= 0.6 is 0 Å². The lowest BCUT2D eigenvalue weighted by atomic mass is 9.80. The molecular formula is C18H16F3N5O. The van der Waals surface area contributed by atoms with Gasteiger partial charge in [0, 0.05) is 13.0 Å². The van der Waals surface area contributed by atoms with Crippen molar-refractivity contribution in [3.8, 4) is 6.07 Å². The molecule has 1 aromatic rings. The molecule has 3 heterocycles. The van der Waals surface area contributed by atoms with Crippen molar-refractivity contribution in [2.24, 2.45) is 5.10 Å². The number of carbonyl (C=O) groups is 1. The Morgan fingerprint density at radius 2 is 1.93 bits per heavy atom. The standard InChI is InChI=1S/C18H16F3N5O/c19-18(20,21)17(12-7-3-1-4-8-12)13(11-22)15-25-10-6-2-5-9-14(25)24-26(15)16(27)23-17/h1,3-4,7-8H,2,5-6,9-10H2,(H,23,27)/t17-/m0/s1. The summed E-state index contributed by atoms with van der Waals surface area (Å²) in [6.45, 7) is 0.422. The first-order chi connectivity index (χ1) is 12.9. The van der Waals surface area contributed by atoms with Gasteiger partial charge in [-0.25, -0.2) is 4.79 Å². The molecule has 1 saturated heterocycles. The van der Waals surface area contributed by atoms with E-state index in [1.807, 2.05) is 5.32 Å². The number of urea groups is 1. The van der Waals surface area contributed by atoms with Crippen LogP contribution in [0.15, 0.2) is 46.8 Å². The van der Waals surface area contributed by atoms with Gasteiger partial charge in [0.05, 0.1) is 0 Å². The van der Waals surface area contributed by atoms with Crippen molar-refractivity contribution in [2.75, 3.05) is 6.54 Å². The zero-order valence-corrected chi connectivity index (χ0v) is 14.3. The molecule has 0 aliphatic carbocycles. The van der Waals surface area contributed by atoms with Crippen LogP contribution in [0.5, 0.6) is 0 Å². The van der Waals surface area contributed by atoms with E-state index in [0.29, 0.717) is 18.8 Å². The second-order valence-corrected chi connectivity index (χ2v) is 6.64. The number of nitrogens with zero attached hydrogens (tertiary/aromatic N) is 4. The maximum Gasteiger partial charge on any atom is 0.421 e. The van der Waals surface area contributed by atoms with Crippen LogP contribution in [-0.4, -0.2) is 34.5 Å². The molecule has 9 heteroatoms. The molecule has 4 rings (SSSR count). The highest BCUT2D eigenvalue weighted by atomic mass is 19.4. The van der Waals surface area contributed by atoms with Gasteiger partial charge in [-0.15, -0.1) is 5.10 Å². The predicted molar refractivity (Wildman–Crippen MR) is 89.8 cm³/mol. The van der Waals surface area contributed by atoms with Crippen LogP contribution in [0.4, 0.5) is 18.0 Å². The highest BCUT2D eigenvalue weighted by Gasteiger charge is 2.65. The fourth-order valence-electron chi connectivity index (χ4n) is 3.84. The molecule has 1 fully saturated rings. The number of hydrogen-bond acceptors (Lipinski definition) is 4. The van der Waals surface area contributed by atoms with E-state index < -0.39 is 23.3 Å². The van der Waals surface area contributed by atoms with Crippen LogP contribution in [0.25, 0.3) is 0 Å². The second-order valence-electron chi connectivity index (χ2n) is 6.64. The summed E-state index contributed by atoms with van der Waals surface area (Å²) in [7, 11) is 0. The molecular weight excluding hydrogens is 359 g/mol. The Kier molecular flexibility index (Phi) is 3.87. The van der Waals surface area contributed by atoms with E-state index in [2.05, 4.69) is 5.10 Å². The molecule has 2 amide bonds. The van der Waals surface area contributed by atoms with E-state index in [1.54, 1.807) is 17.0 Å². The van der Waals surface area contributed by atoms with Crippen LogP contribution < -0.4 is 5.32 Å². The molecule has 140 valence electrons. The number of rotatable bonds is 1. The van der Waals surface area contributed by atoms with E-state index >= 15 is 0 Å². The zero-order chi connectivity index (χ0) is 19.2. The first-order valence-electron chi connectivity index (χ1n) is 8.64. The van der Waals surface area contributed by atoms with Crippen LogP contribution in [0.2, 0.25) is 0 Å². The summed E-state index contributed by atoms with van der Waals surface area (Å²) in [6.07, 6.45) is -1.86. The monoisotopic (exact) mass is 375 g/mol. The van der Waals surface area contributed by atoms with E-state index in [-0.39, 0.29) is 11.4 Å². The largest absolute Gasteiger partial charge is 0.421 e. The SMILES string of the molecule is N#CC1=C2N3CCCCCC3=NN2C(=O)N[C@]1(c1ccccc1)C(F)(F)F. The molecule has 6 nitrogen and oxygen atoms in total. The zero-order valence-electron chi connectivity index (χ0n) is 14.3. The van der Waals surface area contributed by atoms with Gasteiger partial charge in [-0.3, -0.25) is 0 Å². The summed E-state index contributed by atoms with van der Waals surface area (Å²) >= 11 is 0.